The molecule has 2 fully saturated rings. The molecule has 2 heteroatoms. The van der Waals surface area contributed by atoms with Crippen LogP contribution in [-0.4, -0.2) is 37.1 Å². The number of hydrogen-bond acceptors (Lipinski definition) is 2. The lowest BCUT2D eigenvalue weighted by Crippen LogP contribution is -2.28. The number of hydrogen-bond donors (Lipinski definition) is 1. The molecular weight excluding hydrogens is 244 g/mol. The van der Waals surface area contributed by atoms with Crippen LogP contribution < -0.4 is 5.32 Å². The molecular formula is C18H36N2. The van der Waals surface area contributed by atoms with Gasteiger partial charge in [0.25, 0.3) is 0 Å². The topological polar surface area (TPSA) is 15.3 Å². The van der Waals surface area contributed by atoms with E-state index in [1.54, 1.807) is 0 Å². The van der Waals surface area contributed by atoms with E-state index < -0.39 is 0 Å². The third-order valence-electron chi connectivity index (χ3n) is 4.97. The van der Waals surface area contributed by atoms with Crippen LogP contribution in [0.5, 0.6) is 0 Å². The molecule has 1 aliphatic heterocycles. The predicted molar refractivity (Wildman–Crippen MR) is 88.2 cm³/mol. The average Bonchev–Trinajstić information content (AvgIpc) is 3.18. The summed E-state index contributed by atoms with van der Waals surface area (Å²) in [7, 11) is 0. The van der Waals surface area contributed by atoms with E-state index >= 15 is 0 Å². The molecule has 2 nitrogen and oxygen atoms in total. The van der Waals surface area contributed by atoms with Crippen LogP contribution >= 0.6 is 0 Å². The molecule has 0 amide bonds. The van der Waals surface area contributed by atoms with E-state index in [2.05, 4.69) is 17.1 Å². The van der Waals surface area contributed by atoms with Crippen molar-refractivity contribution in [3.63, 3.8) is 0 Å². The fourth-order valence-electron chi connectivity index (χ4n) is 3.37. The first-order chi connectivity index (χ1) is 9.88. The molecule has 0 aromatic heterocycles. The molecule has 118 valence electrons. The second-order valence-corrected chi connectivity index (χ2v) is 7.11. The highest BCUT2D eigenvalue weighted by atomic mass is 15.1. The lowest BCUT2D eigenvalue weighted by molar-refractivity contribution is 0.312. The maximum Gasteiger partial charge on any atom is 0.00683 e. The van der Waals surface area contributed by atoms with Crippen molar-refractivity contribution in [1.82, 2.24) is 10.2 Å². The van der Waals surface area contributed by atoms with Crippen LogP contribution in [0.3, 0.4) is 0 Å². The van der Waals surface area contributed by atoms with Crippen molar-refractivity contribution < 1.29 is 0 Å². The van der Waals surface area contributed by atoms with Gasteiger partial charge in [0.05, 0.1) is 0 Å². The average molecular weight is 281 g/mol. The molecule has 1 atom stereocenters. The molecule has 1 aliphatic carbocycles. The minimum Gasteiger partial charge on any atom is -0.314 e. The van der Waals surface area contributed by atoms with Crippen molar-refractivity contribution in [1.29, 1.82) is 0 Å². The summed E-state index contributed by atoms with van der Waals surface area (Å²) in [5, 5.41) is 3.69. The highest BCUT2D eigenvalue weighted by molar-refractivity contribution is 4.84. The summed E-state index contributed by atoms with van der Waals surface area (Å²) in [6, 6.07) is 0.886. The summed E-state index contributed by atoms with van der Waals surface area (Å²) >= 11 is 0. The van der Waals surface area contributed by atoms with Crippen molar-refractivity contribution in [2.24, 2.45) is 5.92 Å². The molecule has 20 heavy (non-hydrogen) atoms. The molecule has 0 bridgehead atoms. The van der Waals surface area contributed by atoms with Gasteiger partial charge in [-0.15, -0.1) is 0 Å². The zero-order chi connectivity index (χ0) is 14.0. The van der Waals surface area contributed by atoms with Gasteiger partial charge < -0.3 is 10.2 Å². The fraction of sp³-hybridized carbons (Fsp3) is 1.00. The maximum absolute atomic E-state index is 3.69. The standard InChI is InChI=1S/C18H36N2/c1-2-3-4-5-6-7-8-9-13-20-14-12-17(16-20)15-19-18-10-11-18/h17-19H,2-16H2,1H3. The Morgan fingerprint density at radius 1 is 0.900 bits per heavy atom. The van der Waals surface area contributed by atoms with Gasteiger partial charge in [0, 0.05) is 12.6 Å². The largest absolute Gasteiger partial charge is 0.314 e. The molecule has 1 unspecified atom stereocenters. The summed E-state index contributed by atoms with van der Waals surface area (Å²) in [6.07, 6.45) is 15.8. The summed E-state index contributed by atoms with van der Waals surface area (Å²) in [5.41, 5.74) is 0. The summed E-state index contributed by atoms with van der Waals surface area (Å²) in [5.74, 6) is 0.935. The van der Waals surface area contributed by atoms with Gasteiger partial charge in [-0.1, -0.05) is 51.9 Å². The summed E-state index contributed by atoms with van der Waals surface area (Å²) < 4.78 is 0. The molecule has 1 saturated heterocycles. The third kappa shape index (κ3) is 7.08. The lowest BCUT2D eigenvalue weighted by atomic mass is 10.1. The van der Waals surface area contributed by atoms with Crippen LogP contribution in [0.1, 0.15) is 77.6 Å². The number of likely N-dealkylation sites (tertiary alicyclic amines) is 1. The van der Waals surface area contributed by atoms with Crippen molar-refractivity contribution in [3.8, 4) is 0 Å². The van der Waals surface area contributed by atoms with E-state index in [1.807, 2.05) is 0 Å². The highest BCUT2D eigenvalue weighted by Crippen LogP contribution is 2.21. The van der Waals surface area contributed by atoms with E-state index in [4.69, 9.17) is 0 Å². The van der Waals surface area contributed by atoms with Gasteiger partial charge in [-0.25, -0.2) is 0 Å². The molecule has 0 aromatic carbocycles. The highest BCUT2D eigenvalue weighted by Gasteiger charge is 2.25. The molecule has 2 aliphatic rings. The summed E-state index contributed by atoms with van der Waals surface area (Å²) in [6.45, 7) is 7.64. The lowest BCUT2D eigenvalue weighted by Gasteiger charge is -2.16. The van der Waals surface area contributed by atoms with Crippen LogP contribution in [0.15, 0.2) is 0 Å². The molecule has 0 spiro atoms. The van der Waals surface area contributed by atoms with E-state index in [0.717, 1.165) is 12.0 Å². The van der Waals surface area contributed by atoms with Crippen LogP contribution in [0.25, 0.3) is 0 Å². The van der Waals surface area contributed by atoms with Crippen LogP contribution in [-0.2, 0) is 0 Å². The van der Waals surface area contributed by atoms with Crippen molar-refractivity contribution in [2.75, 3.05) is 26.2 Å². The Labute approximate surface area is 126 Å². The third-order valence-corrected chi connectivity index (χ3v) is 4.97. The Morgan fingerprint density at radius 2 is 1.60 bits per heavy atom. The van der Waals surface area contributed by atoms with Crippen molar-refractivity contribution in [2.45, 2.75) is 83.6 Å². The van der Waals surface area contributed by atoms with E-state index in [-0.39, 0.29) is 0 Å². The van der Waals surface area contributed by atoms with E-state index in [9.17, 15) is 0 Å². The first-order valence-electron chi connectivity index (χ1n) is 9.34. The van der Waals surface area contributed by atoms with Gasteiger partial charge in [0.1, 0.15) is 0 Å². The van der Waals surface area contributed by atoms with Crippen LogP contribution in [0, 0.1) is 5.92 Å². The number of unbranched alkanes of at least 4 members (excludes halogenated alkanes) is 7. The number of rotatable bonds is 12. The Kier molecular flexibility index (Phi) is 7.97. The molecule has 0 aromatic rings. The van der Waals surface area contributed by atoms with Gasteiger partial charge in [0.15, 0.2) is 0 Å². The minimum absolute atomic E-state index is 0.886. The summed E-state index contributed by atoms with van der Waals surface area (Å²) in [4.78, 5) is 2.70. The van der Waals surface area contributed by atoms with Crippen LogP contribution in [0.4, 0.5) is 0 Å². The van der Waals surface area contributed by atoms with Gasteiger partial charge in [-0.05, 0) is 51.2 Å². The molecule has 1 saturated carbocycles. The van der Waals surface area contributed by atoms with Crippen molar-refractivity contribution in [3.05, 3.63) is 0 Å². The van der Waals surface area contributed by atoms with Crippen molar-refractivity contribution >= 4 is 0 Å². The number of nitrogens with zero attached hydrogens (tertiary/aromatic N) is 1. The second-order valence-electron chi connectivity index (χ2n) is 7.11. The van der Waals surface area contributed by atoms with E-state index in [0.29, 0.717) is 0 Å². The Hall–Kier alpha value is -0.0800. The number of nitrogens with one attached hydrogen (secondary N) is 1. The van der Waals surface area contributed by atoms with Crippen LogP contribution in [0.2, 0.25) is 0 Å². The molecule has 0 radical (unpaired) electrons. The van der Waals surface area contributed by atoms with Gasteiger partial charge in [0.2, 0.25) is 0 Å². The quantitative estimate of drug-likeness (QED) is 0.539. The Bertz CT molecular complexity index is 238. The fourth-order valence-corrected chi connectivity index (χ4v) is 3.37. The predicted octanol–water partition coefficient (Wildman–Crippen LogP) is 4.20. The Balaban J connectivity index is 1.36. The Morgan fingerprint density at radius 3 is 2.30 bits per heavy atom. The van der Waals surface area contributed by atoms with Gasteiger partial charge in [-0.3, -0.25) is 0 Å². The molecule has 1 N–H and O–H groups in total. The SMILES string of the molecule is CCCCCCCCCCN1CCC(CNC2CC2)C1. The van der Waals surface area contributed by atoms with Gasteiger partial charge in [-0.2, -0.15) is 0 Å². The smallest absolute Gasteiger partial charge is 0.00683 e. The van der Waals surface area contributed by atoms with E-state index in [1.165, 1.54) is 96.8 Å². The minimum atomic E-state index is 0.886. The second kappa shape index (κ2) is 9.78. The zero-order valence-electron chi connectivity index (χ0n) is 13.7. The monoisotopic (exact) mass is 280 g/mol. The first-order valence-corrected chi connectivity index (χ1v) is 9.34. The van der Waals surface area contributed by atoms with Gasteiger partial charge >= 0.3 is 0 Å². The first kappa shape index (κ1) is 16.3. The normalized spacial score (nSPS) is 23.6. The zero-order valence-corrected chi connectivity index (χ0v) is 13.7. The molecule has 2 rings (SSSR count). The molecule has 1 heterocycles. The maximum atomic E-state index is 3.69.